The number of nitrogens with one attached hydrogen (secondary N) is 4. The highest BCUT2D eigenvalue weighted by molar-refractivity contribution is 6.23. The monoisotopic (exact) mass is 894 g/mol. The van der Waals surface area contributed by atoms with Gasteiger partial charge in [-0.15, -0.1) is 0 Å². The molecule has 65 heavy (non-hydrogen) atoms. The lowest BCUT2D eigenvalue weighted by Crippen LogP contribution is -2.54. The number of carbonyl (C=O) groups is 6. The van der Waals surface area contributed by atoms with E-state index in [1.54, 1.807) is 42.4 Å². The molecule has 2 atom stereocenters. The molecule has 0 spiro atoms. The number of ether oxygens (including phenoxy) is 1. The van der Waals surface area contributed by atoms with Crippen LogP contribution in [0.25, 0.3) is 11.1 Å². The summed E-state index contributed by atoms with van der Waals surface area (Å²) in [6.07, 6.45) is 6.47. The Hall–Kier alpha value is -6.50. The van der Waals surface area contributed by atoms with Crippen molar-refractivity contribution in [3.8, 4) is 11.1 Å². The van der Waals surface area contributed by atoms with Gasteiger partial charge >= 0.3 is 6.03 Å². The zero-order valence-corrected chi connectivity index (χ0v) is 36.2. The first-order valence-corrected chi connectivity index (χ1v) is 22.5. The van der Waals surface area contributed by atoms with Crippen molar-refractivity contribution in [2.24, 2.45) is 0 Å². The maximum atomic E-state index is 15.0. The molecule has 2 aromatic carbocycles. The number of imide groups is 2. The average molecular weight is 895 g/mol. The van der Waals surface area contributed by atoms with Crippen molar-refractivity contribution in [1.82, 2.24) is 45.3 Å². The fourth-order valence-corrected chi connectivity index (χ4v) is 9.98. The quantitative estimate of drug-likeness (QED) is 0.109. The highest BCUT2D eigenvalue weighted by Gasteiger charge is 2.45. The number of aryl methyl sites for hydroxylation is 1. The van der Waals surface area contributed by atoms with Gasteiger partial charge in [-0.2, -0.15) is 10.2 Å². The molecule has 7 amide bonds. The van der Waals surface area contributed by atoms with Crippen molar-refractivity contribution in [1.29, 1.82) is 0 Å². The number of nitrogens with zero attached hydrogens (tertiary/aromatic N) is 6. The molecule has 6 heterocycles. The molecule has 4 aromatic rings. The Morgan fingerprint density at radius 2 is 1.74 bits per heavy atom. The van der Waals surface area contributed by atoms with Gasteiger partial charge in [0.2, 0.25) is 17.7 Å². The molecule has 2 saturated heterocycles. The second kappa shape index (κ2) is 18.5. The van der Waals surface area contributed by atoms with Crippen LogP contribution < -0.4 is 21.3 Å². The summed E-state index contributed by atoms with van der Waals surface area (Å²) in [6.45, 7) is 3.09. The van der Waals surface area contributed by atoms with E-state index in [9.17, 15) is 28.8 Å². The molecule has 1 aliphatic carbocycles. The smallest absolute Gasteiger partial charge is 0.317 e. The Morgan fingerprint density at radius 3 is 2.52 bits per heavy atom. The molecular weight excluding hydrogens is 843 g/mol. The number of piperidine rings is 1. The van der Waals surface area contributed by atoms with Crippen LogP contribution in [-0.4, -0.2) is 111 Å². The van der Waals surface area contributed by atoms with Crippen molar-refractivity contribution < 1.29 is 42.3 Å². The van der Waals surface area contributed by atoms with E-state index >= 15 is 8.78 Å². The third kappa shape index (κ3) is 8.72. The molecule has 2 aromatic heterocycles. The number of rotatable bonds is 13. The van der Waals surface area contributed by atoms with Crippen LogP contribution in [0.5, 0.6) is 0 Å². The first kappa shape index (κ1) is 43.7. The van der Waals surface area contributed by atoms with Gasteiger partial charge < -0.3 is 25.6 Å². The number of hydrogen-bond donors (Lipinski definition) is 4. The number of urea groups is 1. The number of fused-ring (bicyclic) bond motifs is 3. The molecule has 5 aliphatic rings. The third-order valence-corrected chi connectivity index (χ3v) is 13.3. The van der Waals surface area contributed by atoms with E-state index in [1.165, 1.54) is 10.9 Å². The molecule has 0 saturated carbocycles. The standard InChI is InChI=1S/C46H52F2N10O7/c1-49-46(64)55-16-11-37-36(24-55)41(54-58(37)29-12-17-65-18-13-29)30-6-4-5-26-19-32(34(42(47)48)21-33(26)30)27-22-52-56(23-27)25-40(60)51-15-3-2-14-50-28-7-8-31-35(20-28)45(63)57(44(31)62)38-9-10-39(59)53-43(38)61/h7-8,19-23,29-30,38,42,50H,2-6,9-18,24-25H2,1H3,(H,49,64)(H,51,60)(H,53,59,61). The molecule has 0 radical (unpaired) electrons. The number of aromatic nitrogens is 4. The van der Waals surface area contributed by atoms with E-state index in [0.717, 1.165) is 65.1 Å². The van der Waals surface area contributed by atoms with E-state index in [4.69, 9.17) is 9.84 Å². The lowest BCUT2D eigenvalue weighted by molar-refractivity contribution is -0.136. The van der Waals surface area contributed by atoms with Crippen molar-refractivity contribution in [3.05, 3.63) is 87.5 Å². The SMILES string of the molecule is CNC(=O)N1CCc2c(c(C3CCCc4cc(-c5cnn(CC(=O)NCCCCNc6ccc7c(c6)C(=O)N(C6CCC(=O)NC6=O)C7=O)c5)c(C(F)F)cc43)nn2C2CCOCC2)C1. The zero-order valence-electron chi connectivity index (χ0n) is 36.2. The third-order valence-electron chi connectivity index (χ3n) is 13.3. The molecule has 0 bridgehead atoms. The number of halogens is 2. The van der Waals surface area contributed by atoms with E-state index in [1.807, 2.05) is 6.07 Å². The average Bonchev–Trinajstić information content (AvgIpc) is 4.00. The summed E-state index contributed by atoms with van der Waals surface area (Å²) in [5, 5.41) is 20.7. The van der Waals surface area contributed by atoms with Crippen molar-refractivity contribution in [3.63, 3.8) is 0 Å². The number of amides is 7. The van der Waals surface area contributed by atoms with Gasteiger partial charge in [0, 0.05) is 92.9 Å². The summed E-state index contributed by atoms with van der Waals surface area (Å²) >= 11 is 0. The number of unbranched alkanes of at least 4 members (excludes halogenated alkanes) is 1. The maximum Gasteiger partial charge on any atom is 0.317 e. The van der Waals surface area contributed by atoms with E-state index in [0.29, 0.717) is 75.5 Å². The predicted molar refractivity (Wildman–Crippen MR) is 231 cm³/mol. The van der Waals surface area contributed by atoms with Gasteiger partial charge in [0.1, 0.15) is 12.6 Å². The van der Waals surface area contributed by atoms with Gasteiger partial charge in [0.05, 0.1) is 35.6 Å². The summed E-state index contributed by atoms with van der Waals surface area (Å²) in [6, 6.07) is 7.29. The largest absolute Gasteiger partial charge is 0.385 e. The summed E-state index contributed by atoms with van der Waals surface area (Å²) in [7, 11) is 1.62. The highest BCUT2D eigenvalue weighted by atomic mass is 19.3. The van der Waals surface area contributed by atoms with Gasteiger partial charge in [0.25, 0.3) is 18.2 Å². The van der Waals surface area contributed by atoms with Crippen LogP contribution in [0.1, 0.15) is 124 Å². The van der Waals surface area contributed by atoms with Crippen LogP contribution in [0.3, 0.4) is 0 Å². The van der Waals surface area contributed by atoms with Crippen LogP contribution in [0.2, 0.25) is 0 Å². The molecule has 2 unspecified atom stereocenters. The van der Waals surface area contributed by atoms with Crippen LogP contribution in [0, 0.1) is 0 Å². The Labute approximate surface area is 373 Å². The van der Waals surface area contributed by atoms with Crippen LogP contribution >= 0.6 is 0 Å². The Bertz CT molecular complexity index is 2550. The second-order valence-electron chi connectivity index (χ2n) is 17.3. The Balaban J connectivity index is 0.812. The molecule has 4 aliphatic heterocycles. The fourth-order valence-electron chi connectivity index (χ4n) is 9.98. The van der Waals surface area contributed by atoms with Crippen LogP contribution in [0.15, 0.2) is 42.7 Å². The number of anilines is 1. The molecular formula is C46H52F2N10O7. The van der Waals surface area contributed by atoms with Crippen molar-refractivity contribution in [2.45, 2.75) is 102 Å². The maximum absolute atomic E-state index is 15.0. The van der Waals surface area contributed by atoms with Crippen LogP contribution in [-0.2, 0) is 45.1 Å². The first-order chi connectivity index (χ1) is 31.5. The number of carbonyl (C=O) groups excluding carboxylic acids is 6. The lowest BCUT2D eigenvalue weighted by atomic mass is 9.77. The second-order valence-corrected chi connectivity index (χ2v) is 17.3. The molecule has 17 nitrogen and oxygen atoms in total. The molecule has 342 valence electrons. The van der Waals surface area contributed by atoms with Crippen molar-refractivity contribution >= 4 is 41.3 Å². The molecule has 9 rings (SSSR count). The zero-order chi connectivity index (χ0) is 45.4. The summed E-state index contributed by atoms with van der Waals surface area (Å²) in [4.78, 5) is 78.5. The minimum Gasteiger partial charge on any atom is -0.385 e. The number of benzene rings is 2. The normalized spacial score (nSPS) is 19.8. The first-order valence-electron chi connectivity index (χ1n) is 22.5. The lowest BCUT2D eigenvalue weighted by Gasteiger charge is -2.31. The van der Waals surface area contributed by atoms with E-state index in [2.05, 4.69) is 31.0 Å². The van der Waals surface area contributed by atoms with E-state index < -0.39 is 36.1 Å². The van der Waals surface area contributed by atoms with Gasteiger partial charge in [-0.3, -0.25) is 43.6 Å². The Morgan fingerprint density at radius 1 is 0.938 bits per heavy atom. The summed E-state index contributed by atoms with van der Waals surface area (Å²) < 4.78 is 39.2. The molecule has 4 N–H and O–H groups in total. The van der Waals surface area contributed by atoms with Crippen molar-refractivity contribution in [2.75, 3.05) is 45.2 Å². The van der Waals surface area contributed by atoms with Gasteiger partial charge in [0.15, 0.2) is 0 Å². The minimum absolute atomic E-state index is 0.0429. The minimum atomic E-state index is -2.76. The number of hydrogen-bond acceptors (Lipinski definition) is 10. The van der Waals surface area contributed by atoms with E-state index in [-0.39, 0.29) is 60.0 Å². The van der Waals surface area contributed by atoms with Gasteiger partial charge in [-0.1, -0.05) is 6.07 Å². The summed E-state index contributed by atoms with van der Waals surface area (Å²) in [5.41, 5.74) is 6.58. The molecule has 2 fully saturated rings. The highest BCUT2D eigenvalue weighted by Crippen LogP contribution is 2.44. The van der Waals surface area contributed by atoms with Gasteiger partial charge in [-0.05, 0) is 92.3 Å². The topological polar surface area (TPSA) is 202 Å². The summed E-state index contributed by atoms with van der Waals surface area (Å²) in [5.74, 6) is -2.74. The fraction of sp³-hybridized carbons (Fsp3) is 0.478. The molecule has 19 heteroatoms. The van der Waals surface area contributed by atoms with Crippen LogP contribution in [0.4, 0.5) is 19.3 Å². The predicted octanol–water partition coefficient (Wildman–Crippen LogP) is 4.61. The number of alkyl halides is 2. The van der Waals surface area contributed by atoms with Gasteiger partial charge in [-0.25, -0.2) is 13.6 Å². The Kier molecular flexibility index (Phi) is 12.5.